The maximum Gasteiger partial charge on any atom is 0.215 e. The topological polar surface area (TPSA) is 42.8 Å². The van der Waals surface area contributed by atoms with Gasteiger partial charge in [0, 0.05) is 6.07 Å². The summed E-state index contributed by atoms with van der Waals surface area (Å²) in [6.45, 7) is 2.12. The van der Waals surface area contributed by atoms with Crippen molar-refractivity contribution in [2.24, 2.45) is 0 Å². The standard InChI is InChI=1S/C13H13N3OS2/c1-8(9-5-6-19-7-9)16-12-10(14-13(16)18)3-4-11(15-12)17-2/h3-8H,1-2H3,(H,14,18). The zero-order valence-corrected chi connectivity index (χ0v) is 12.2. The lowest BCUT2D eigenvalue weighted by atomic mass is 10.2. The third-order valence-corrected chi connectivity index (χ3v) is 4.16. The second-order valence-electron chi connectivity index (χ2n) is 4.26. The van der Waals surface area contributed by atoms with Crippen LogP contribution >= 0.6 is 23.6 Å². The normalized spacial score (nSPS) is 12.7. The molecule has 0 fully saturated rings. The van der Waals surface area contributed by atoms with Crippen molar-refractivity contribution in [1.29, 1.82) is 0 Å². The van der Waals surface area contributed by atoms with Crippen LogP contribution in [0.1, 0.15) is 18.5 Å². The summed E-state index contributed by atoms with van der Waals surface area (Å²) in [4.78, 5) is 7.68. The fourth-order valence-corrected chi connectivity index (χ4v) is 3.22. The van der Waals surface area contributed by atoms with Crippen molar-refractivity contribution in [2.75, 3.05) is 7.11 Å². The van der Waals surface area contributed by atoms with Gasteiger partial charge in [-0.05, 0) is 47.6 Å². The van der Waals surface area contributed by atoms with E-state index in [2.05, 4.69) is 33.7 Å². The van der Waals surface area contributed by atoms with E-state index in [1.54, 1.807) is 18.4 Å². The molecule has 0 bridgehead atoms. The van der Waals surface area contributed by atoms with Gasteiger partial charge in [0.2, 0.25) is 5.88 Å². The highest BCUT2D eigenvalue weighted by Gasteiger charge is 2.15. The lowest BCUT2D eigenvalue weighted by Crippen LogP contribution is -2.06. The SMILES string of the molecule is COc1ccc2[nH]c(=S)n(C(C)c3ccsc3)c2n1. The number of fused-ring (bicyclic) bond motifs is 1. The number of ether oxygens (including phenoxy) is 1. The number of nitrogens with one attached hydrogen (secondary N) is 1. The molecule has 0 saturated carbocycles. The summed E-state index contributed by atoms with van der Waals surface area (Å²) in [5.74, 6) is 0.591. The van der Waals surface area contributed by atoms with Crippen LogP contribution in [-0.4, -0.2) is 21.6 Å². The van der Waals surface area contributed by atoms with Crippen LogP contribution in [-0.2, 0) is 0 Å². The summed E-state index contributed by atoms with van der Waals surface area (Å²) in [6.07, 6.45) is 0. The van der Waals surface area contributed by atoms with E-state index in [1.807, 2.05) is 16.7 Å². The summed E-state index contributed by atoms with van der Waals surface area (Å²) < 4.78 is 7.89. The van der Waals surface area contributed by atoms with E-state index in [4.69, 9.17) is 17.0 Å². The highest BCUT2D eigenvalue weighted by molar-refractivity contribution is 7.71. The molecule has 0 radical (unpaired) electrons. The first-order chi connectivity index (χ1) is 9.20. The third kappa shape index (κ3) is 2.06. The number of thiophene rings is 1. The highest BCUT2D eigenvalue weighted by atomic mass is 32.1. The quantitative estimate of drug-likeness (QED) is 0.747. The lowest BCUT2D eigenvalue weighted by Gasteiger charge is -2.12. The summed E-state index contributed by atoms with van der Waals surface area (Å²) in [7, 11) is 1.61. The van der Waals surface area contributed by atoms with Crippen molar-refractivity contribution >= 4 is 34.7 Å². The summed E-state index contributed by atoms with van der Waals surface area (Å²) in [6, 6.07) is 6.02. The number of hydrogen-bond donors (Lipinski definition) is 1. The average Bonchev–Trinajstić information content (AvgIpc) is 3.03. The van der Waals surface area contributed by atoms with Crippen LogP contribution < -0.4 is 4.74 Å². The minimum atomic E-state index is 0.145. The van der Waals surface area contributed by atoms with Crippen LogP contribution in [0.2, 0.25) is 0 Å². The Morgan fingerprint density at radius 3 is 2.95 bits per heavy atom. The molecule has 1 unspecified atom stereocenters. The Morgan fingerprint density at radius 2 is 2.26 bits per heavy atom. The molecule has 6 heteroatoms. The molecular formula is C13H13N3OS2. The third-order valence-electron chi connectivity index (χ3n) is 3.16. The maximum absolute atomic E-state index is 5.41. The molecule has 4 nitrogen and oxygen atoms in total. The zero-order chi connectivity index (χ0) is 13.4. The molecule has 3 heterocycles. The minimum Gasteiger partial charge on any atom is -0.481 e. The maximum atomic E-state index is 5.41. The lowest BCUT2D eigenvalue weighted by molar-refractivity contribution is 0.398. The Kier molecular flexibility index (Phi) is 3.12. The molecule has 0 aliphatic heterocycles. The molecule has 1 atom stereocenters. The van der Waals surface area contributed by atoms with Gasteiger partial charge in [-0.2, -0.15) is 16.3 Å². The second-order valence-corrected chi connectivity index (χ2v) is 5.42. The number of pyridine rings is 1. The Balaban J connectivity index is 2.22. The molecule has 0 aliphatic rings. The predicted molar refractivity (Wildman–Crippen MR) is 79.6 cm³/mol. The van der Waals surface area contributed by atoms with Gasteiger partial charge in [0.05, 0.1) is 18.7 Å². The molecule has 3 aromatic heterocycles. The van der Waals surface area contributed by atoms with Crippen LogP contribution in [0.5, 0.6) is 5.88 Å². The number of aromatic amines is 1. The van der Waals surface area contributed by atoms with E-state index in [0.29, 0.717) is 10.7 Å². The fraction of sp³-hybridized carbons (Fsp3) is 0.231. The molecule has 1 N–H and O–H groups in total. The Bertz CT molecular complexity index is 758. The fourth-order valence-electron chi connectivity index (χ4n) is 2.12. The molecule has 3 aromatic rings. The first kappa shape index (κ1) is 12.4. The van der Waals surface area contributed by atoms with Crippen molar-refractivity contribution in [2.45, 2.75) is 13.0 Å². The summed E-state index contributed by atoms with van der Waals surface area (Å²) in [5.41, 5.74) is 2.97. The van der Waals surface area contributed by atoms with Crippen molar-refractivity contribution < 1.29 is 4.74 Å². The van der Waals surface area contributed by atoms with E-state index in [0.717, 1.165) is 11.2 Å². The molecule has 19 heavy (non-hydrogen) atoms. The number of nitrogens with zero attached hydrogens (tertiary/aromatic N) is 2. The Labute approximate surface area is 119 Å². The second kappa shape index (κ2) is 4.79. The van der Waals surface area contributed by atoms with E-state index in [1.165, 1.54) is 5.56 Å². The van der Waals surface area contributed by atoms with Crippen molar-refractivity contribution in [1.82, 2.24) is 14.5 Å². The van der Waals surface area contributed by atoms with Gasteiger partial charge >= 0.3 is 0 Å². The van der Waals surface area contributed by atoms with Gasteiger partial charge < -0.3 is 9.72 Å². The van der Waals surface area contributed by atoms with E-state index in [-0.39, 0.29) is 6.04 Å². The minimum absolute atomic E-state index is 0.145. The molecule has 0 aromatic carbocycles. The summed E-state index contributed by atoms with van der Waals surface area (Å²) >= 11 is 7.09. The van der Waals surface area contributed by atoms with E-state index < -0.39 is 0 Å². The van der Waals surface area contributed by atoms with Gasteiger partial charge in [-0.25, -0.2) is 0 Å². The van der Waals surface area contributed by atoms with Crippen LogP contribution in [0.3, 0.4) is 0 Å². The first-order valence-corrected chi connectivity index (χ1v) is 7.23. The van der Waals surface area contributed by atoms with Gasteiger partial charge in [0.15, 0.2) is 10.4 Å². The first-order valence-electron chi connectivity index (χ1n) is 5.88. The van der Waals surface area contributed by atoms with Crippen LogP contribution in [0.15, 0.2) is 29.0 Å². The van der Waals surface area contributed by atoms with Gasteiger partial charge in [-0.15, -0.1) is 0 Å². The zero-order valence-electron chi connectivity index (χ0n) is 10.6. The van der Waals surface area contributed by atoms with E-state index >= 15 is 0 Å². The molecule has 0 saturated heterocycles. The van der Waals surface area contributed by atoms with Gasteiger partial charge in [-0.3, -0.25) is 4.57 Å². The van der Waals surface area contributed by atoms with Gasteiger partial charge in [0.1, 0.15) is 0 Å². The van der Waals surface area contributed by atoms with Crippen LogP contribution in [0.25, 0.3) is 11.2 Å². The Hall–Kier alpha value is -1.66. The predicted octanol–water partition coefficient (Wildman–Crippen LogP) is 3.77. The number of H-pyrrole nitrogens is 1. The number of rotatable bonds is 3. The smallest absolute Gasteiger partial charge is 0.215 e. The van der Waals surface area contributed by atoms with Crippen LogP contribution in [0.4, 0.5) is 0 Å². The van der Waals surface area contributed by atoms with Crippen molar-refractivity contribution in [3.63, 3.8) is 0 Å². The molecule has 98 valence electrons. The molecule has 0 spiro atoms. The monoisotopic (exact) mass is 291 g/mol. The number of methoxy groups -OCH3 is 1. The molecule has 3 rings (SSSR count). The molecule has 0 amide bonds. The van der Waals surface area contributed by atoms with Crippen LogP contribution in [0, 0.1) is 4.77 Å². The van der Waals surface area contributed by atoms with Crippen molar-refractivity contribution in [3.8, 4) is 5.88 Å². The van der Waals surface area contributed by atoms with Gasteiger partial charge in [0.25, 0.3) is 0 Å². The highest BCUT2D eigenvalue weighted by Crippen LogP contribution is 2.26. The average molecular weight is 291 g/mol. The number of imidazole rings is 1. The molecular weight excluding hydrogens is 278 g/mol. The molecule has 0 aliphatic carbocycles. The van der Waals surface area contributed by atoms with Gasteiger partial charge in [-0.1, -0.05) is 0 Å². The number of hydrogen-bond acceptors (Lipinski definition) is 4. The van der Waals surface area contributed by atoms with Crippen molar-refractivity contribution in [3.05, 3.63) is 39.3 Å². The van der Waals surface area contributed by atoms with E-state index in [9.17, 15) is 0 Å². The Morgan fingerprint density at radius 1 is 1.42 bits per heavy atom. The number of aromatic nitrogens is 3. The summed E-state index contributed by atoms with van der Waals surface area (Å²) in [5, 5.41) is 4.20. The largest absolute Gasteiger partial charge is 0.481 e.